The lowest BCUT2D eigenvalue weighted by Crippen LogP contribution is -2.44. The summed E-state index contributed by atoms with van der Waals surface area (Å²) in [6.45, 7) is 2.21. The molecule has 0 bridgehead atoms. The van der Waals surface area contributed by atoms with Crippen molar-refractivity contribution >= 4 is 23.3 Å². The van der Waals surface area contributed by atoms with E-state index in [1.165, 1.54) is 6.92 Å². The van der Waals surface area contributed by atoms with Gasteiger partial charge in [0.2, 0.25) is 5.91 Å². The third-order valence-corrected chi connectivity index (χ3v) is 2.92. The zero-order chi connectivity index (χ0) is 10.6. The second-order valence-corrected chi connectivity index (χ2v) is 3.94. The molecule has 1 rings (SSSR count). The highest BCUT2D eigenvalue weighted by Crippen LogP contribution is 2.18. The summed E-state index contributed by atoms with van der Waals surface area (Å²) in [5.74, 6) is -0.0341. The average Bonchev–Trinajstić information content (AvgIpc) is 2.41. The molecule has 1 amide bonds. The number of rotatable bonds is 2. The third kappa shape index (κ3) is 2.71. The number of halogens is 1. The maximum Gasteiger partial charge on any atom is 0.220 e. The van der Waals surface area contributed by atoms with Gasteiger partial charge < -0.3 is 4.90 Å². The highest BCUT2D eigenvalue weighted by molar-refractivity contribution is 6.28. The van der Waals surface area contributed by atoms with Crippen molar-refractivity contribution in [3.63, 3.8) is 0 Å². The maximum absolute atomic E-state index is 11.5. The monoisotopic (exact) mass is 217 g/mol. The summed E-state index contributed by atoms with van der Waals surface area (Å²) in [4.78, 5) is 24.5. The molecule has 14 heavy (non-hydrogen) atoms. The molecule has 0 aromatic rings. The van der Waals surface area contributed by atoms with E-state index in [-0.39, 0.29) is 23.6 Å². The van der Waals surface area contributed by atoms with Gasteiger partial charge in [-0.05, 0) is 12.8 Å². The molecule has 0 aromatic heterocycles. The van der Waals surface area contributed by atoms with Gasteiger partial charge in [-0.3, -0.25) is 9.59 Å². The van der Waals surface area contributed by atoms with E-state index in [2.05, 4.69) is 0 Å². The second-order valence-electron chi connectivity index (χ2n) is 3.68. The zero-order valence-electron chi connectivity index (χ0n) is 8.46. The van der Waals surface area contributed by atoms with Crippen LogP contribution in [0, 0.1) is 0 Å². The summed E-state index contributed by atoms with van der Waals surface area (Å²) in [6, 6.07) is -0.271. The SMILES string of the molecule is CC(=O)N1CCCCCC1C(=O)CCl. The Labute approximate surface area is 89.4 Å². The fourth-order valence-corrected chi connectivity index (χ4v) is 2.09. The van der Waals surface area contributed by atoms with Crippen LogP contribution in [-0.4, -0.2) is 35.1 Å². The van der Waals surface area contributed by atoms with Crippen molar-refractivity contribution in [1.29, 1.82) is 0 Å². The minimum absolute atomic E-state index is 0.00838. The van der Waals surface area contributed by atoms with Gasteiger partial charge in [-0.15, -0.1) is 11.6 Å². The van der Waals surface area contributed by atoms with Crippen molar-refractivity contribution < 1.29 is 9.59 Å². The van der Waals surface area contributed by atoms with E-state index in [0.29, 0.717) is 6.54 Å². The summed E-state index contributed by atoms with van der Waals surface area (Å²) >= 11 is 5.52. The topological polar surface area (TPSA) is 37.4 Å². The van der Waals surface area contributed by atoms with E-state index < -0.39 is 0 Å². The molecule has 0 aromatic carbocycles. The molecule has 1 saturated heterocycles. The third-order valence-electron chi connectivity index (χ3n) is 2.66. The highest BCUT2D eigenvalue weighted by atomic mass is 35.5. The molecule has 1 heterocycles. The number of likely N-dealkylation sites (tertiary alicyclic amines) is 1. The molecule has 0 spiro atoms. The van der Waals surface area contributed by atoms with Crippen LogP contribution in [0.4, 0.5) is 0 Å². The van der Waals surface area contributed by atoms with Crippen LogP contribution in [0.15, 0.2) is 0 Å². The first-order valence-corrected chi connectivity index (χ1v) is 5.56. The number of ketones is 1. The molecule has 0 saturated carbocycles. The number of carbonyl (C=O) groups excluding carboxylic acids is 2. The molecule has 0 N–H and O–H groups in total. The van der Waals surface area contributed by atoms with Crippen molar-refractivity contribution in [3.05, 3.63) is 0 Å². The molecule has 1 atom stereocenters. The highest BCUT2D eigenvalue weighted by Gasteiger charge is 2.27. The van der Waals surface area contributed by atoms with Gasteiger partial charge in [-0.2, -0.15) is 0 Å². The first-order chi connectivity index (χ1) is 6.66. The largest absolute Gasteiger partial charge is 0.333 e. The Kier molecular flexibility index (Phi) is 4.39. The van der Waals surface area contributed by atoms with E-state index in [1.807, 2.05) is 0 Å². The van der Waals surface area contributed by atoms with Crippen molar-refractivity contribution in [2.75, 3.05) is 12.4 Å². The Hall–Kier alpha value is -0.570. The first kappa shape index (κ1) is 11.5. The Morgan fingerprint density at radius 2 is 2.07 bits per heavy atom. The van der Waals surface area contributed by atoms with Gasteiger partial charge in [0, 0.05) is 13.5 Å². The molecule has 80 valence electrons. The van der Waals surface area contributed by atoms with E-state index in [9.17, 15) is 9.59 Å². The van der Waals surface area contributed by atoms with Crippen LogP contribution in [-0.2, 0) is 9.59 Å². The van der Waals surface area contributed by atoms with Gasteiger partial charge in [-0.1, -0.05) is 12.8 Å². The molecule has 3 nitrogen and oxygen atoms in total. The van der Waals surface area contributed by atoms with Crippen molar-refractivity contribution in [3.8, 4) is 0 Å². The number of amides is 1. The van der Waals surface area contributed by atoms with Crippen LogP contribution in [0.2, 0.25) is 0 Å². The second kappa shape index (κ2) is 5.35. The van der Waals surface area contributed by atoms with Crippen LogP contribution >= 0.6 is 11.6 Å². The van der Waals surface area contributed by atoms with Crippen molar-refractivity contribution in [2.24, 2.45) is 0 Å². The van der Waals surface area contributed by atoms with Crippen molar-refractivity contribution in [1.82, 2.24) is 4.90 Å². The molecular formula is C10H16ClNO2. The molecule has 0 radical (unpaired) electrons. The smallest absolute Gasteiger partial charge is 0.220 e. The minimum atomic E-state index is -0.271. The lowest BCUT2D eigenvalue weighted by molar-refractivity contribution is -0.137. The Morgan fingerprint density at radius 3 is 2.64 bits per heavy atom. The number of alkyl halides is 1. The van der Waals surface area contributed by atoms with Crippen LogP contribution in [0.25, 0.3) is 0 Å². The maximum atomic E-state index is 11.5. The number of hydrogen-bond donors (Lipinski definition) is 0. The van der Waals surface area contributed by atoms with Crippen LogP contribution < -0.4 is 0 Å². The summed E-state index contributed by atoms with van der Waals surface area (Å²) < 4.78 is 0. The summed E-state index contributed by atoms with van der Waals surface area (Å²) in [5.41, 5.74) is 0. The van der Waals surface area contributed by atoms with Gasteiger partial charge in [0.1, 0.15) is 0 Å². The van der Waals surface area contributed by atoms with Gasteiger partial charge in [0.15, 0.2) is 5.78 Å². The standard InChI is InChI=1S/C10H16ClNO2/c1-8(13)12-6-4-2-3-5-9(12)10(14)7-11/h9H,2-7H2,1H3. The zero-order valence-corrected chi connectivity index (χ0v) is 9.22. The molecule has 1 fully saturated rings. The Balaban J connectivity index is 2.73. The van der Waals surface area contributed by atoms with Gasteiger partial charge in [0.05, 0.1) is 11.9 Å². The first-order valence-electron chi connectivity index (χ1n) is 5.02. The summed E-state index contributed by atoms with van der Waals surface area (Å²) in [6.07, 6.45) is 3.86. The molecule has 1 aliphatic rings. The average molecular weight is 218 g/mol. The van der Waals surface area contributed by atoms with E-state index >= 15 is 0 Å². The van der Waals surface area contributed by atoms with Crippen LogP contribution in [0.5, 0.6) is 0 Å². The number of carbonyl (C=O) groups is 2. The Morgan fingerprint density at radius 1 is 1.36 bits per heavy atom. The lowest BCUT2D eigenvalue weighted by atomic mass is 10.1. The predicted octanol–water partition coefficient (Wildman–Crippen LogP) is 1.59. The normalized spacial score (nSPS) is 23.0. The van der Waals surface area contributed by atoms with Crippen LogP contribution in [0.3, 0.4) is 0 Å². The van der Waals surface area contributed by atoms with Crippen LogP contribution in [0.1, 0.15) is 32.6 Å². The number of nitrogens with zero attached hydrogens (tertiary/aromatic N) is 1. The summed E-state index contributed by atoms with van der Waals surface area (Å²) in [5, 5.41) is 0. The van der Waals surface area contributed by atoms with E-state index in [1.54, 1.807) is 4.90 Å². The van der Waals surface area contributed by atoms with Crippen molar-refractivity contribution in [2.45, 2.75) is 38.6 Å². The molecule has 4 heteroatoms. The van der Waals surface area contributed by atoms with E-state index in [0.717, 1.165) is 25.7 Å². The summed E-state index contributed by atoms with van der Waals surface area (Å²) in [7, 11) is 0. The van der Waals surface area contributed by atoms with Gasteiger partial charge in [0.25, 0.3) is 0 Å². The van der Waals surface area contributed by atoms with E-state index in [4.69, 9.17) is 11.6 Å². The molecule has 0 aliphatic carbocycles. The molecule has 1 unspecified atom stereocenters. The molecule has 1 aliphatic heterocycles. The fourth-order valence-electron chi connectivity index (χ4n) is 1.91. The lowest BCUT2D eigenvalue weighted by Gasteiger charge is -2.27. The quantitative estimate of drug-likeness (QED) is 0.659. The Bertz CT molecular complexity index is 230. The van der Waals surface area contributed by atoms with Gasteiger partial charge >= 0.3 is 0 Å². The fraction of sp³-hybridized carbons (Fsp3) is 0.800. The predicted molar refractivity (Wildman–Crippen MR) is 55.4 cm³/mol. The molecular weight excluding hydrogens is 202 g/mol. The minimum Gasteiger partial charge on any atom is -0.333 e. The number of hydrogen-bond acceptors (Lipinski definition) is 2. The van der Waals surface area contributed by atoms with Gasteiger partial charge in [-0.25, -0.2) is 0 Å². The number of Topliss-reactive ketones (excluding diaryl/α,β-unsaturated/α-hetero) is 1.